The number of methoxy groups -OCH3 is 1. The number of anilines is 1. The van der Waals surface area contributed by atoms with E-state index in [1.807, 2.05) is 0 Å². The smallest absolute Gasteiger partial charge is 0.339 e. The largest absolute Gasteiger partial charge is 0.465 e. The number of esters is 1. The lowest BCUT2D eigenvalue weighted by Crippen LogP contribution is -2.31. The minimum Gasteiger partial charge on any atom is -0.465 e. The summed E-state index contributed by atoms with van der Waals surface area (Å²) in [6, 6.07) is 6.31. The van der Waals surface area contributed by atoms with Crippen LogP contribution >= 0.6 is 0 Å². The van der Waals surface area contributed by atoms with Crippen molar-refractivity contribution in [1.82, 2.24) is 10.4 Å². The van der Waals surface area contributed by atoms with Crippen LogP contribution in [0.5, 0.6) is 0 Å². The number of hydrazine groups is 1. The molecule has 1 aromatic carbocycles. The molecule has 2 N–H and O–H groups in total. The molecule has 0 spiro atoms. The van der Waals surface area contributed by atoms with Crippen LogP contribution in [0.1, 0.15) is 16.8 Å². The Labute approximate surface area is 126 Å². The molecule has 22 heavy (non-hydrogen) atoms. The van der Waals surface area contributed by atoms with Gasteiger partial charge in [-0.15, -0.1) is 0 Å². The zero-order chi connectivity index (χ0) is 16.3. The van der Waals surface area contributed by atoms with E-state index in [2.05, 4.69) is 15.5 Å². The highest BCUT2D eigenvalue weighted by atomic mass is 16.5. The van der Waals surface area contributed by atoms with E-state index in [9.17, 15) is 19.2 Å². The maximum absolute atomic E-state index is 12.0. The third kappa shape index (κ3) is 3.05. The summed E-state index contributed by atoms with van der Waals surface area (Å²) in [5.41, 5.74) is 2.77. The number of rotatable bonds is 4. The maximum atomic E-state index is 12.0. The van der Waals surface area contributed by atoms with Gasteiger partial charge in [0.2, 0.25) is 5.91 Å². The summed E-state index contributed by atoms with van der Waals surface area (Å²) in [6.45, 7) is 0. The van der Waals surface area contributed by atoms with Gasteiger partial charge in [0.05, 0.1) is 18.4 Å². The predicted molar refractivity (Wildman–Crippen MR) is 75.4 cm³/mol. The lowest BCUT2D eigenvalue weighted by molar-refractivity contribution is -0.134. The zero-order valence-electron chi connectivity index (χ0n) is 12.1. The Morgan fingerprint density at radius 2 is 2.00 bits per heavy atom. The third-order valence-corrected chi connectivity index (χ3v) is 3.22. The van der Waals surface area contributed by atoms with Gasteiger partial charge in [0, 0.05) is 13.5 Å². The van der Waals surface area contributed by atoms with Gasteiger partial charge in [-0.2, -0.15) is 0 Å². The highest BCUT2D eigenvalue weighted by Gasteiger charge is 2.38. The summed E-state index contributed by atoms with van der Waals surface area (Å²) >= 11 is 0. The number of hydrogen-bond acceptors (Lipinski definition) is 5. The molecule has 3 amide bonds. The molecule has 1 atom stereocenters. The fourth-order valence-corrected chi connectivity index (χ4v) is 2.09. The summed E-state index contributed by atoms with van der Waals surface area (Å²) in [5, 5.41) is 3.56. The van der Waals surface area contributed by atoms with Crippen molar-refractivity contribution in [2.24, 2.45) is 5.92 Å². The second kappa shape index (κ2) is 6.25. The highest BCUT2D eigenvalue weighted by molar-refractivity contribution is 6.09. The van der Waals surface area contributed by atoms with Gasteiger partial charge in [-0.05, 0) is 12.1 Å². The molecular weight excluding hydrogens is 290 g/mol. The topological polar surface area (TPSA) is 105 Å². The van der Waals surface area contributed by atoms with Crippen molar-refractivity contribution in [3.63, 3.8) is 0 Å². The van der Waals surface area contributed by atoms with Gasteiger partial charge in [-0.1, -0.05) is 12.1 Å². The van der Waals surface area contributed by atoms with Gasteiger partial charge in [0.25, 0.3) is 11.8 Å². The van der Waals surface area contributed by atoms with E-state index >= 15 is 0 Å². The fourth-order valence-electron chi connectivity index (χ4n) is 2.09. The van der Waals surface area contributed by atoms with Crippen LogP contribution in [0, 0.1) is 5.92 Å². The summed E-state index contributed by atoms with van der Waals surface area (Å²) in [4.78, 5) is 46.9. The van der Waals surface area contributed by atoms with Gasteiger partial charge in [-0.3, -0.25) is 24.8 Å². The molecule has 0 aromatic heterocycles. The van der Waals surface area contributed by atoms with Gasteiger partial charge in [0.15, 0.2) is 0 Å². The predicted octanol–water partition coefficient (Wildman–Crippen LogP) is -0.0788. The monoisotopic (exact) mass is 305 g/mol. The molecule has 1 aliphatic rings. The van der Waals surface area contributed by atoms with Crippen LogP contribution in [0.3, 0.4) is 0 Å². The Morgan fingerprint density at radius 3 is 2.59 bits per heavy atom. The number of ether oxygens (including phenoxy) is 1. The number of carbonyl (C=O) groups excluding carboxylic acids is 4. The summed E-state index contributed by atoms with van der Waals surface area (Å²) in [7, 11) is 2.64. The molecule has 0 aliphatic carbocycles. The van der Waals surface area contributed by atoms with E-state index < -0.39 is 29.6 Å². The molecule has 0 bridgehead atoms. The molecule has 0 radical (unpaired) electrons. The number of nitrogens with one attached hydrogen (secondary N) is 2. The Bertz CT molecular complexity index is 643. The number of nitrogens with zero attached hydrogens (tertiary/aromatic N) is 1. The van der Waals surface area contributed by atoms with Gasteiger partial charge < -0.3 is 10.1 Å². The first-order valence-electron chi connectivity index (χ1n) is 6.49. The van der Waals surface area contributed by atoms with E-state index in [0.29, 0.717) is 0 Å². The summed E-state index contributed by atoms with van der Waals surface area (Å²) in [6.07, 6.45) is -0.301. The second-order valence-corrected chi connectivity index (χ2v) is 4.72. The lowest BCUT2D eigenvalue weighted by atomic mass is 10.0. The molecule has 116 valence electrons. The molecule has 1 saturated heterocycles. The fraction of sp³-hybridized carbons (Fsp3) is 0.286. The number of para-hydroxylation sites is 1. The standard InChI is InChI=1S/C14H15N3O5/c1-17-13(20)9(12(19)16-17)7-11(18)15-10-6-4-3-5-8(10)14(21)22-2/h3-6,9H,7H2,1-2H3,(H,15,18)(H,16,19). The van der Waals surface area contributed by atoms with E-state index in [1.165, 1.54) is 26.3 Å². The Morgan fingerprint density at radius 1 is 1.32 bits per heavy atom. The number of carbonyl (C=O) groups is 4. The quantitative estimate of drug-likeness (QED) is 0.598. The Hall–Kier alpha value is -2.90. The van der Waals surface area contributed by atoms with Crippen LogP contribution in [-0.4, -0.2) is 42.9 Å². The highest BCUT2D eigenvalue weighted by Crippen LogP contribution is 2.18. The average Bonchev–Trinajstić information content (AvgIpc) is 2.73. The first-order chi connectivity index (χ1) is 10.4. The zero-order valence-corrected chi connectivity index (χ0v) is 12.1. The van der Waals surface area contributed by atoms with Gasteiger partial charge in [-0.25, -0.2) is 4.79 Å². The molecule has 8 nitrogen and oxygen atoms in total. The Kier molecular flexibility index (Phi) is 4.40. The first-order valence-corrected chi connectivity index (χ1v) is 6.49. The first kappa shape index (κ1) is 15.5. The SMILES string of the molecule is COC(=O)c1ccccc1NC(=O)CC1C(=O)NN(C)C1=O. The molecular formula is C14H15N3O5. The Balaban J connectivity index is 2.09. The van der Waals surface area contributed by atoms with Crippen LogP contribution < -0.4 is 10.7 Å². The van der Waals surface area contributed by atoms with Gasteiger partial charge >= 0.3 is 5.97 Å². The molecule has 1 heterocycles. The van der Waals surface area contributed by atoms with E-state index in [1.54, 1.807) is 12.1 Å². The summed E-state index contributed by atoms with van der Waals surface area (Å²) < 4.78 is 4.62. The van der Waals surface area contributed by atoms with Crippen LogP contribution in [0.2, 0.25) is 0 Å². The third-order valence-electron chi connectivity index (χ3n) is 3.22. The van der Waals surface area contributed by atoms with E-state index in [4.69, 9.17) is 0 Å². The van der Waals surface area contributed by atoms with E-state index in [-0.39, 0.29) is 17.7 Å². The van der Waals surface area contributed by atoms with Crippen molar-refractivity contribution in [1.29, 1.82) is 0 Å². The van der Waals surface area contributed by atoms with Crippen LogP contribution in [0.4, 0.5) is 5.69 Å². The van der Waals surface area contributed by atoms with Crippen LogP contribution in [0.15, 0.2) is 24.3 Å². The number of amides is 3. The minimum absolute atomic E-state index is 0.192. The van der Waals surface area contributed by atoms with Crippen molar-refractivity contribution >= 4 is 29.4 Å². The molecule has 8 heteroatoms. The number of hydrogen-bond donors (Lipinski definition) is 2. The molecule has 2 rings (SSSR count). The average molecular weight is 305 g/mol. The molecule has 1 fully saturated rings. The normalized spacial score (nSPS) is 17.2. The molecule has 0 saturated carbocycles. The molecule has 1 unspecified atom stereocenters. The van der Waals surface area contributed by atoms with Crippen molar-refractivity contribution in [2.45, 2.75) is 6.42 Å². The second-order valence-electron chi connectivity index (χ2n) is 4.72. The number of benzene rings is 1. The molecule has 1 aromatic rings. The van der Waals surface area contributed by atoms with Crippen molar-refractivity contribution in [3.8, 4) is 0 Å². The van der Waals surface area contributed by atoms with Gasteiger partial charge in [0.1, 0.15) is 5.92 Å². The lowest BCUT2D eigenvalue weighted by Gasteiger charge is -2.10. The van der Waals surface area contributed by atoms with Crippen molar-refractivity contribution < 1.29 is 23.9 Å². The maximum Gasteiger partial charge on any atom is 0.339 e. The van der Waals surface area contributed by atoms with Crippen molar-refractivity contribution in [3.05, 3.63) is 29.8 Å². The molecule has 1 aliphatic heterocycles. The minimum atomic E-state index is -1.06. The van der Waals surface area contributed by atoms with E-state index in [0.717, 1.165) is 5.01 Å². The van der Waals surface area contributed by atoms with Crippen molar-refractivity contribution in [2.75, 3.05) is 19.5 Å². The van der Waals surface area contributed by atoms with Crippen LogP contribution in [-0.2, 0) is 19.1 Å². The summed E-state index contributed by atoms with van der Waals surface area (Å²) in [5.74, 6) is -3.19. The van der Waals surface area contributed by atoms with Crippen LogP contribution in [0.25, 0.3) is 0 Å².